The zero-order chi connectivity index (χ0) is 15.6. The Kier molecular flexibility index (Phi) is 3.60. The van der Waals surface area contributed by atoms with Crippen LogP contribution in [-0.2, 0) is 0 Å². The molecule has 2 N–H and O–H groups in total. The summed E-state index contributed by atoms with van der Waals surface area (Å²) in [4.78, 5) is 0. The van der Waals surface area contributed by atoms with Gasteiger partial charge in [-0.1, -0.05) is 78.9 Å². The minimum Gasteiger partial charge on any atom is -0.369 e. The molecule has 1 aliphatic heterocycles. The Labute approximate surface area is 137 Å². The summed E-state index contributed by atoms with van der Waals surface area (Å²) < 4.78 is 0. The molecule has 2 nitrogen and oxygen atoms in total. The van der Waals surface area contributed by atoms with Crippen LogP contribution in [-0.4, -0.2) is 6.04 Å². The second-order valence-corrected chi connectivity index (χ2v) is 6.00. The second kappa shape index (κ2) is 5.90. The maximum atomic E-state index is 3.71. The lowest BCUT2D eigenvalue weighted by Gasteiger charge is -2.35. The largest absolute Gasteiger partial charge is 0.369 e. The fourth-order valence-electron chi connectivity index (χ4n) is 3.36. The van der Waals surface area contributed by atoms with Crippen molar-refractivity contribution in [1.82, 2.24) is 10.6 Å². The van der Waals surface area contributed by atoms with Gasteiger partial charge in [0.25, 0.3) is 0 Å². The van der Waals surface area contributed by atoms with E-state index in [2.05, 4.69) is 96.5 Å². The molecule has 2 aliphatic rings. The molecule has 0 saturated heterocycles. The Hall–Kier alpha value is -2.58. The SMILES string of the molecule is CC1=C2C=CC=CC2NC(c2ccccc2-c2ccccc2)N1. The van der Waals surface area contributed by atoms with Gasteiger partial charge in [0, 0.05) is 5.70 Å². The highest BCUT2D eigenvalue weighted by Gasteiger charge is 2.26. The van der Waals surface area contributed by atoms with E-state index in [1.54, 1.807) is 0 Å². The molecule has 4 rings (SSSR count). The van der Waals surface area contributed by atoms with Gasteiger partial charge in [-0.15, -0.1) is 0 Å². The van der Waals surface area contributed by atoms with Gasteiger partial charge >= 0.3 is 0 Å². The number of nitrogens with one attached hydrogen (secondary N) is 2. The summed E-state index contributed by atoms with van der Waals surface area (Å²) in [5.41, 5.74) is 6.35. The molecule has 114 valence electrons. The molecule has 0 spiro atoms. The second-order valence-electron chi connectivity index (χ2n) is 6.00. The predicted molar refractivity (Wildman–Crippen MR) is 95.7 cm³/mol. The van der Waals surface area contributed by atoms with Crippen LogP contribution in [0.25, 0.3) is 11.1 Å². The van der Waals surface area contributed by atoms with Crippen molar-refractivity contribution in [1.29, 1.82) is 0 Å². The van der Waals surface area contributed by atoms with Crippen LogP contribution in [0.3, 0.4) is 0 Å². The van der Waals surface area contributed by atoms with Crippen LogP contribution in [0.1, 0.15) is 18.7 Å². The third-order valence-electron chi connectivity index (χ3n) is 4.52. The number of rotatable bonds is 2. The molecule has 2 aromatic rings. The quantitative estimate of drug-likeness (QED) is 0.863. The zero-order valence-electron chi connectivity index (χ0n) is 13.2. The van der Waals surface area contributed by atoms with Gasteiger partial charge in [0.1, 0.15) is 6.17 Å². The first-order valence-electron chi connectivity index (χ1n) is 8.05. The van der Waals surface area contributed by atoms with Crippen molar-refractivity contribution < 1.29 is 0 Å². The molecule has 2 aromatic carbocycles. The molecule has 1 heterocycles. The summed E-state index contributed by atoms with van der Waals surface area (Å²) >= 11 is 0. The van der Waals surface area contributed by atoms with Gasteiger partial charge in [-0.2, -0.15) is 0 Å². The average molecular weight is 300 g/mol. The molecule has 0 bridgehead atoms. The fraction of sp³-hybridized carbons (Fsp3) is 0.143. The van der Waals surface area contributed by atoms with Gasteiger partial charge < -0.3 is 5.32 Å². The lowest BCUT2D eigenvalue weighted by atomic mass is 9.93. The molecular weight excluding hydrogens is 280 g/mol. The lowest BCUT2D eigenvalue weighted by Crippen LogP contribution is -2.46. The molecule has 2 atom stereocenters. The first-order valence-corrected chi connectivity index (χ1v) is 8.05. The number of hydrogen-bond donors (Lipinski definition) is 2. The molecular formula is C21H20N2. The molecule has 2 unspecified atom stereocenters. The summed E-state index contributed by atoms with van der Waals surface area (Å²) in [5.74, 6) is 0. The molecule has 1 aliphatic carbocycles. The maximum Gasteiger partial charge on any atom is 0.104 e. The molecule has 2 heteroatoms. The summed E-state index contributed by atoms with van der Waals surface area (Å²) in [6.45, 7) is 2.16. The fourth-order valence-corrected chi connectivity index (χ4v) is 3.36. The van der Waals surface area contributed by atoms with Crippen molar-refractivity contribution >= 4 is 0 Å². The third-order valence-corrected chi connectivity index (χ3v) is 4.52. The summed E-state index contributed by atoms with van der Waals surface area (Å²) in [7, 11) is 0. The van der Waals surface area contributed by atoms with E-state index in [0.29, 0.717) is 0 Å². The van der Waals surface area contributed by atoms with Crippen molar-refractivity contribution in [2.45, 2.75) is 19.1 Å². The first-order chi connectivity index (χ1) is 11.3. The average Bonchev–Trinajstić information content (AvgIpc) is 2.62. The van der Waals surface area contributed by atoms with Crippen molar-refractivity contribution in [2.24, 2.45) is 0 Å². The van der Waals surface area contributed by atoms with Crippen molar-refractivity contribution in [3.63, 3.8) is 0 Å². The minimum atomic E-state index is 0.108. The van der Waals surface area contributed by atoms with E-state index in [1.165, 1.54) is 28.0 Å². The maximum absolute atomic E-state index is 3.71. The zero-order valence-corrected chi connectivity index (χ0v) is 13.2. The third kappa shape index (κ3) is 2.62. The van der Waals surface area contributed by atoms with Crippen molar-refractivity contribution in [3.8, 4) is 11.1 Å². The lowest BCUT2D eigenvalue weighted by molar-refractivity contribution is 0.432. The van der Waals surface area contributed by atoms with Gasteiger partial charge in [0.15, 0.2) is 0 Å². The van der Waals surface area contributed by atoms with Crippen LogP contribution in [0.4, 0.5) is 0 Å². The molecule has 23 heavy (non-hydrogen) atoms. The van der Waals surface area contributed by atoms with Gasteiger partial charge in [0.05, 0.1) is 6.04 Å². The molecule has 0 radical (unpaired) electrons. The Balaban J connectivity index is 1.74. The van der Waals surface area contributed by atoms with Gasteiger partial charge in [0.2, 0.25) is 0 Å². The van der Waals surface area contributed by atoms with E-state index in [9.17, 15) is 0 Å². The number of benzene rings is 2. The van der Waals surface area contributed by atoms with E-state index >= 15 is 0 Å². The summed E-state index contributed by atoms with van der Waals surface area (Å²) in [6.07, 6.45) is 8.71. The Morgan fingerprint density at radius 2 is 1.65 bits per heavy atom. The van der Waals surface area contributed by atoms with Crippen LogP contribution in [0.15, 0.2) is 90.2 Å². The Morgan fingerprint density at radius 3 is 2.52 bits per heavy atom. The van der Waals surface area contributed by atoms with Crippen LogP contribution >= 0.6 is 0 Å². The van der Waals surface area contributed by atoms with E-state index in [4.69, 9.17) is 0 Å². The van der Waals surface area contributed by atoms with Crippen LogP contribution in [0.2, 0.25) is 0 Å². The molecule has 0 saturated carbocycles. The highest BCUT2D eigenvalue weighted by Crippen LogP contribution is 2.31. The normalized spacial score (nSPS) is 22.7. The first kappa shape index (κ1) is 14.0. The van der Waals surface area contributed by atoms with Crippen molar-refractivity contribution in [3.05, 3.63) is 95.7 Å². The smallest absolute Gasteiger partial charge is 0.104 e. The molecule has 0 aromatic heterocycles. The van der Waals surface area contributed by atoms with Crippen LogP contribution in [0.5, 0.6) is 0 Å². The van der Waals surface area contributed by atoms with Gasteiger partial charge in [-0.05, 0) is 29.2 Å². The van der Waals surface area contributed by atoms with E-state index in [-0.39, 0.29) is 12.2 Å². The Morgan fingerprint density at radius 1 is 0.870 bits per heavy atom. The highest BCUT2D eigenvalue weighted by molar-refractivity contribution is 5.68. The standard InChI is InChI=1S/C21H20N2/c1-15-17-11-7-8-14-20(17)23-21(22-15)19-13-6-5-12-18(19)16-9-3-2-4-10-16/h2-14,20-23H,1H3. The van der Waals surface area contributed by atoms with Gasteiger partial charge in [-0.3, -0.25) is 5.32 Å². The Bertz CT molecular complexity index is 800. The van der Waals surface area contributed by atoms with E-state index < -0.39 is 0 Å². The van der Waals surface area contributed by atoms with E-state index in [1.807, 2.05) is 0 Å². The van der Waals surface area contributed by atoms with Gasteiger partial charge in [-0.25, -0.2) is 0 Å². The van der Waals surface area contributed by atoms with Crippen LogP contribution < -0.4 is 10.6 Å². The van der Waals surface area contributed by atoms with Crippen molar-refractivity contribution in [2.75, 3.05) is 0 Å². The number of hydrogen-bond acceptors (Lipinski definition) is 2. The highest BCUT2D eigenvalue weighted by atomic mass is 15.2. The summed E-state index contributed by atoms with van der Waals surface area (Å²) in [6, 6.07) is 19.4. The number of allylic oxidation sites excluding steroid dienone is 3. The summed E-state index contributed by atoms with van der Waals surface area (Å²) in [5, 5.41) is 7.33. The predicted octanol–water partition coefficient (Wildman–Crippen LogP) is 4.31. The molecule has 0 amide bonds. The topological polar surface area (TPSA) is 24.1 Å². The van der Waals surface area contributed by atoms with Crippen LogP contribution in [0, 0.1) is 0 Å². The monoisotopic (exact) mass is 300 g/mol. The van der Waals surface area contributed by atoms with E-state index in [0.717, 1.165) is 0 Å². The number of fused-ring (bicyclic) bond motifs is 1. The minimum absolute atomic E-state index is 0.108. The molecule has 0 fully saturated rings.